The Morgan fingerprint density at radius 3 is 2.40 bits per heavy atom. The molecule has 110 valence electrons. The third-order valence-electron chi connectivity index (χ3n) is 3.85. The fourth-order valence-electron chi connectivity index (χ4n) is 2.61. The van der Waals surface area contributed by atoms with E-state index in [1.165, 1.54) is 32.0 Å². The quantitative estimate of drug-likeness (QED) is 0.847. The molecule has 1 aromatic rings. The molecule has 1 saturated heterocycles. The fraction of sp³-hybridized carbons (Fsp3) is 0.667. The van der Waals surface area contributed by atoms with Gasteiger partial charge in [-0.25, -0.2) is 9.97 Å². The minimum Gasteiger partial charge on any atom is -0.357 e. The van der Waals surface area contributed by atoms with Crippen molar-refractivity contribution in [1.82, 2.24) is 14.9 Å². The van der Waals surface area contributed by atoms with E-state index < -0.39 is 0 Å². The number of nitrogens with zero attached hydrogens (tertiary/aromatic N) is 4. The second kappa shape index (κ2) is 7.22. The van der Waals surface area contributed by atoms with E-state index >= 15 is 0 Å². The predicted octanol–water partition coefficient (Wildman–Crippen LogP) is 2.34. The number of aromatic nitrogens is 2. The summed E-state index contributed by atoms with van der Waals surface area (Å²) in [6, 6.07) is 1.84. The molecule has 0 N–H and O–H groups in total. The van der Waals surface area contributed by atoms with Gasteiger partial charge in [0.15, 0.2) is 0 Å². The Balaban J connectivity index is 2.16. The molecule has 20 heavy (non-hydrogen) atoms. The molecular weight excluding hydrogens is 252 g/mol. The summed E-state index contributed by atoms with van der Waals surface area (Å²) in [7, 11) is 0. The molecule has 5 nitrogen and oxygen atoms in total. The van der Waals surface area contributed by atoms with Crippen LogP contribution < -0.4 is 4.90 Å². The lowest BCUT2D eigenvalue weighted by atomic mass is 10.2. The van der Waals surface area contributed by atoms with Crippen LogP contribution in [0.15, 0.2) is 12.4 Å². The molecule has 1 aromatic heterocycles. The van der Waals surface area contributed by atoms with Crippen molar-refractivity contribution in [3.8, 4) is 0 Å². The first-order valence-corrected chi connectivity index (χ1v) is 7.62. The summed E-state index contributed by atoms with van der Waals surface area (Å²) in [6.45, 7) is 7.43. The van der Waals surface area contributed by atoms with Gasteiger partial charge >= 0.3 is 0 Å². The smallest absolute Gasteiger partial charge is 0.272 e. The summed E-state index contributed by atoms with van der Waals surface area (Å²) in [4.78, 5) is 24.9. The van der Waals surface area contributed by atoms with Crippen molar-refractivity contribution in [1.29, 1.82) is 0 Å². The van der Waals surface area contributed by atoms with E-state index in [0.717, 1.165) is 18.9 Å². The highest BCUT2D eigenvalue weighted by atomic mass is 16.2. The van der Waals surface area contributed by atoms with E-state index in [9.17, 15) is 4.79 Å². The van der Waals surface area contributed by atoms with Crippen molar-refractivity contribution in [2.24, 2.45) is 0 Å². The highest BCUT2D eigenvalue weighted by molar-refractivity contribution is 5.92. The van der Waals surface area contributed by atoms with Crippen molar-refractivity contribution in [2.75, 3.05) is 31.1 Å². The third kappa shape index (κ3) is 3.46. The molecule has 0 aliphatic carbocycles. The maximum Gasteiger partial charge on any atom is 0.272 e. The first-order chi connectivity index (χ1) is 9.76. The molecule has 1 fully saturated rings. The summed E-state index contributed by atoms with van der Waals surface area (Å²) in [5, 5.41) is 0. The second-order valence-corrected chi connectivity index (χ2v) is 5.14. The van der Waals surface area contributed by atoms with Crippen molar-refractivity contribution in [3.63, 3.8) is 0 Å². The van der Waals surface area contributed by atoms with Crippen LogP contribution in [0.4, 0.5) is 5.82 Å². The zero-order chi connectivity index (χ0) is 14.4. The zero-order valence-electron chi connectivity index (χ0n) is 12.5. The normalized spacial score (nSPS) is 15.8. The Bertz CT molecular complexity index is 437. The topological polar surface area (TPSA) is 49.3 Å². The molecule has 2 heterocycles. The Labute approximate surface area is 121 Å². The van der Waals surface area contributed by atoms with Crippen LogP contribution in [0.25, 0.3) is 0 Å². The number of amides is 1. The highest BCUT2D eigenvalue weighted by Crippen LogP contribution is 2.17. The van der Waals surface area contributed by atoms with E-state index in [1.54, 1.807) is 4.90 Å². The van der Waals surface area contributed by atoms with Crippen molar-refractivity contribution in [3.05, 3.63) is 18.1 Å². The van der Waals surface area contributed by atoms with Gasteiger partial charge in [0.2, 0.25) is 0 Å². The predicted molar refractivity (Wildman–Crippen MR) is 80.0 cm³/mol. The summed E-state index contributed by atoms with van der Waals surface area (Å²) in [6.07, 6.45) is 6.48. The van der Waals surface area contributed by atoms with Gasteiger partial charge in [-0.3, -0.25) is 4.79 Å². The molecular formula is C15H24N4O. The van der Waals surface area contributed by atoms with Crippen molar-refractivity contribution < 1.29 is 4.79 Å². The minimum atomic E-state index is -0.00604. The molecule has 1 aliphatic heterocycles. The Morgan fingerprint density at radius 2 is 1.80 bits per heavy atom. The summed E-state index contributed by atoms with van der Waals surface area (Å²) in [5.74, 6) is 0.880. The van der Waals surface area contributed by atoms with Crippen LogP contribution in [0.1, 0.15) is 50.0 Å². The van der Waals surface area contributed by atoms with Crippen LogP contribution in [0.3, 0.4) is 0 Å². The van der Waals surface area contributed by atoms with Gasteiger partial charge in [0.05, 0.1) is 0 Å². The van der Waals surface area contributed by atoms with Crippen LogP contribution in [-0.4, -0.2) is 47.0 Å². The standard InChI is InChI=1S/C15H24N4O/c1-3-18(4-2)15(20)13-11-14(17-12-16-13)19-9-7-5-6-8-10-19/h11-12H,3-10H2,1-2H3. The average molecular weight is 276 g/mol. The van der Waals surface area contributed by atoms with Crippen LogP contribution in [-0.2, 0) is 0 Å². The van der Waals surface area contributed by atoms with E-state index in [1.807, 2.05) is 19.9 Å². The SMILES string of the molecule is CCN(CC)C(=O)c1cc(N2CCCCCC2)ncn1. The first kappa shape index (κ1) is 14.8. The lowest BCUT2D eigenvalue weighted by molar-refractivity contribution is 0.0767. The van der Waals surface area contributed by atoms with Gasteiger partial charge < -0.3 is 9.80 Å². The van der Waals surface area contributed by atoms with Crippen LogP contribution in [0, 0.1) is 0 Å². The molecule has 1 amide bonds. The Morgan fingerprint density at radius 1 is 1.15 bits per heavy atom. The molecule has 0 spiro atoms. The van der Waals surface area contributed by atoms with E-state index in [4.69, 9.17) is 0 Å². The molecule has 0 saturated carbocycles. The van der Waals surface area contributed by atoms with Gasteiger partial charge in [0.1, 0.15) is 17.8 Å². The van der Waals surface area contributed by atoms with Gasteiger partial charge in [-0.2, -0.15) is 0 Å². The summed E-state index contributed by atoms with van der Waals surface area (Å²) in [5.41, 5.74) is 0.503. The average Bonchev–Trinajstić information content (AvgIpc) is 2.77. The zero-order valence-corrected chi connectivity index (χ0v) is 12.5. The second-order valence-electron chi connectivity index (χ2n) is 5.14. The summed E-state index contributed by atoms with van der Waals surface area (Å²) >= 11 is 0. The third-order valence-corrected chi connectivity index (χ3v) is 3.85. The van der Waals surface area contributed by atoms with Crippen molar-refractivity contribution >= 4 is 11.7 Å². The maximum atomic E-state index is 12.3. The number of hydrogen-bond donors (Lipinski definition) is 0. The number of anilines is 1. The monoisotopic (exact) mass is 276 g/mol. The Kier molecular flexibility index (Phi) is 5.32. The first-order valence-electron chi connectivity index (χ1n) is 7.62. The van der Waals surface area contributed by atoms with Crippen LogP contribution in [0.5, 0.6) is 0 Å². The molecule has 0 bridgehead atoms. The lowest BCUT2D eigenvalue weighted by Gasteiger charge is -2.22. The number of carbonyl (C=O) groups excluding carboxylic acids is 1. The van der Waals surface area contributed by atoms with Gasteiger partial charge in [-0.05, 0) is 26.7 Å². The van der Waals surface area contributed by atoms with Gasteiger partial charge in [0, 0.05) is 32.2 Å². The molecule has 2 rings (SSSR count). The highest BCUT2D eigenvalue weighted by Gasteiger charge is 2.17. The lowest BCUT2D eigenvalue weighted by Crippen LogP contribution is -2.32. The molecule has 0 atom stereocenters. The molecule has 5 heteroatoms. The number of carbonyl (C=O) groups is 1. The summed E-state index contributed by atoms with van der Waals surface area (Å²) < 4.78 is 0. The van der Waals surface area contributed by atoms with Crippen molar-refractivity contribution in [2.45, 2.75) is 39.5 Å². The molecule has 0 radical (unpaired) electrons. The van der Waals surface area contributed by atoms with Crippen LogP contribution >= 0.6 is 0 Å². The molecule has 0 aromatic carbocycles. The molecule has 0 unspecified atom stereocenters. The van der Waals surface area contributed by atoms with Crippen LogP contribution in [0.2, 0.25) is 0 Å². The fourth-order valence-corrected chi connectivity index (χ4v) is 2.61. The number of rotatable bonds is 4. The van der Waals surface area contributed by atoms with E-state index in [0.29, 0.717) is 18.8 Å². The van der Waals surface area contributed by atoms with E-state index in [2.05, 4.69) is 14.9 Å². The van der Waals surface area contributed by atoms with Gasteiger partial charge in [-0.15, -0.1) is 0 Å². The minimum absolute atomic E-state index is 0.00604. The van der Waals surface area contributed by atoms with Gasteiger partial charge in [-0.1, -0.05) is 12.8 Å². The van der Waals surface area contributed by atoms with Gasteiger partial charge in [0.25, 0.3) is 5.91 Å². The van der Waals surface area contributed by atoms with E-state index in [-0.39, 0.29) is 5.91 Å². The molecule has 1 aliphatic rings. The Hall–Kier alpha value is -1.65. The number of hydrogen-bond acceptors (Lipinski definition) is 4. The largest absolute Gasteiger partial charge is 0.357 e. The maximum absolute atomic E-state index is 12.3.